The summed E-state index contributed by atoms with van der Waals surface area (Å²) in [5.41, 5.74) is 9.78. The van der Waals surface area contributed by atoms with Gasteiger partial charge in [-0.3, -0.25) is 0 Å². The molecule has 0 bridgehead atoms. The number of nitrogens with two attached hydrogens (primary N) is 1. The molecule has 1 aromatic heterocycles. The van der Waals surface area contributed by atoms with E-state index in [9.17, 15) is 0 Å². The minimum Gasteiger partial charge on any atom is -0.390 e. The number of rotatable bonds is 2. The molecule has 2 aromatic rings. The first-order chi connectivity index (χ1) is 7.34. The number of benzene rings is 1. The van der Waals surface area contributed by atoms with Gasteiger partial charge in [-0.05, 0) is 41.3 Å². The molecule has 1 aliphatic rings. The minimum absolute atomic E-state index is 0.832. The van der Waals surface area contributed by atoms with E-state index >= 15 is 0 Å². The summed E-state index contributed by atoms with van der Waals surface area (Å²) in [6, 6.07) is 10.9. The van der Waals surface area contributed by atoms with Gasteiger partial charge in [-0.2, -0.15) is 0 Å². The third-order valence-electron chi connectivity index (χ3n) is 2.97. The Labute approximate surface area is 93.6 Å². The average molecular weight is 215 g/mol. The Morgan fingerprint density at radius 3 is 2.33 bits per heavy atom. The molecule has 0 atom stereocenters. The van der Waals surface area contributed by atoms with Gasteiger partial charge in [-0.1, -0.05) is 24.3 Å². The molecule has 2 N–H and O–H groups in total. The SMILES string of the molecule is Nc1sccc1-c1ccc(C2CC2)cc1. The molecule has 0 spiro atoms. The lowest BCUT2D eigenvalue weighted by Gasteiger charge is -2.02. The molecule has 76 valence electrons. The van der Waals surface area contributed by atoms with Gasteiger partial charge < -0.3 is 5.73 Å². The van der Waals surface area contributed by atoms with Crippen molar-refractivity contribution in [2.45, 2.75) is 18.8 Å². The molecule has 1 aromatic carbocycles. The zero-order chi connectivity index (χ0) is 10.3. The van der Waals surface area contributed by atoms with Gasteiger partial charge in [-0.15, -0.1) is 11.3 Å². The van der Waals surface area contributed by atoms with Crippen LogP contribution in [0.2, 0.25) is 0 Å². The third kappa shape index (κ3) is 1.65. The highest BCUT2D eigenvalue weighted by molar-refractivity contribution is 7.14. The summed E-state index contributed by atoms with van der Waals surface area (Å²) >= 11 is 1.60. The number of nitrogen functional groups attached to an aromatic ring is 1. The van der Waals surface area contributed by atoms with Crippen LogP contribution in [-0.2, 0) is 0 Å². The Bertz CT molecular complexity index is 466. The Morgan fingerprint density at radius 1 is 1.07 bits per heavy atom. The van der Waals surface area contributed by atoms with E-state index in [2.05, 4.69) is 30.3 Å². The van der Waals surface area contributed by atoms with Crippen molar-refractivity contribution in [2.75, 3.05) is 5.73 Å². The Kier molecular flexibility index (Phi) is 2.03. The minimum atomic E-state index is 0.832. The van der Waals surface area contributed by atoms with Gasteiger partial charge in [0.15, 0.2) is 0 Å². The molecule has 2 heteroatoms. The summed E-state index contributed by atoms with van der Waals surface area (Å²) < 4.78 is 0. The van der Waals surface area contributed by atoms with Crippen LogP contribution in [0.5, 0.6) is 0 Å². The van der Waals surface area contributed by atoms with Gasteiger partial charge in [0.25, 0.3) is 0 Å². The fourth-order valence-corrected chi connectivity index (χ4v) is 2.57. The molecule has 3 rings (SSSR count). The lowest BCUT2D eigenvalue weighted by Crippen LogP contribution is -1.84. The molecule has 1 heterocycles. The van der Waals surface area contributed by atoms with E-state index in [1.165, 1.54) is 29.5 Å². The molecule has 1 nitrogen and oxygen atoms in total. The molecule has 1 fully saturated rings. The van der Waals surface area contributed by atoms with Crippen LogP contribution in [0, 0.1) is 0 Å². The molecule has 1 saturated carbocycles. The molecule has 0 aliphatic heterocycles. The van der Waals surface area contributed by atoms with E-state index < -0.39 is 0 Å². The second kappa shape index (κ2) is 3.38. The summed E-state index contributed by atoms with van der Waals surface area (Å²) in [4.78, 5) is 0. The monoisotopic (exact) mass is 215 g/mol. The van der Waals surface area contributed by atoms with Crippen LogP contribution in [0.25, 0.3) is 11.1 Å². The summed E-state index contributed by atoms with van der Waals surface area (Å²) in [7, 11) is 0. The quantitative estimate of drug-likeness (QED) is 0.808. The van der Waals surface area contributed by atoms with Crippen LogP contribution >= 0.6 is 11.3 Å². The van der Waals surface area contributed by atoms with Crippen molar-refractivity contribution in [3.63, 3.8) is 0 Å². The van der Waals surface area contributed by atoms with Gasteiger partial charge >= 0.3 is 0 Å². The maximum absolute atomic E-state index is 5.90. The molecule has 15 heavy (non-hydrogen) atoms. The van der Waals surface area contributed by atoms with Gasteiger partial charge in [0.05, 0.1) is 5.00 Å². The van der Waals surface area contributed by atoms with Crippen molar-refractivity contribution in [2.24, 2.45) is 0 Å². The maximum atomic E-state index is 5.90. The molecular weight excluding hydrogens is 202 g/mol. The summed E-state index contributed by atoms with van der Waals surface area (Å²) in [6.45, 7) is 0. The molecule has 1 aliphatic carbocycles. The van der Waals surface area contributed by atoms with Crippen molar-refractivity contribution in [1.82, 2.24) is 0 Å². The van der Waals surface area contributed by atoms with Crippen molar-refractivity contribution in [3.8, 4) is 11.1 Å². The van der Waals surface area contributed by atoms with Gasteiger partial charge in [0, 0.05) is 5.56 Å². The summed E-state index contributed by atoms with van der Waals surface area (Å²) in [5, 5.41) is 2.95. The van der Waals surface area contributed by atoms with Crippen LogP contribution in [0.15, 0.2) is 35.7 Å². The Hall–Kier alpha value is -1.28. The molecule has 0 radical (unpaired) electrons. The average Bonchev–Trinajstić information content (AvgIpc) is 3.02. The van der Waals surface area contributed by atoms with E-state index in [4.69, 9.17) is 5.73 Å². The van der Waals surface area contributed by atoms with Crippen LogP contribution in [0.4, 0.5) is 5.00 Å². The number of hydrogen-bond acceptors (Lipinski definition) is 2. The smallest absolute Gasteiger partial charge is 0.0936 e. The van der Waals surface area contributed by atoms with Crippen LogP contribution in [0.3, 0.4) is 0 Å². The molecule has 0 unspecified atom stereocenters. The molecular formula is C13H13NS. The van der Waals surface area contributed by atoms with E-state index in [1.54, 1.807) is 11.3 Å². The van der Waals surface area contributed by atoms with Crippen molar-refractivity contribution < 1.29 is 0 Å². The highest BCUT2D eigenvalue weighted by Gasteiger charge is 2.23. The molecule has 0 amide bonds. The van der Waals surface area contributed by atoms with Crippen molar-refractivity contribution >= 4 is 16.3 Å². The zero-order valence-corrected chi connectivity index (χ0v) is 9.26. The van der Waals surface area contributed by atoms with Crippen LogP contribution < -0.4 is 5.73 Å². The van der Waals surface area contributed by atoms with E-state index in [-0.39, 0.29) is 0 Å². The van der Waals surface area contributed by atoms with Crippen molar-refractivity contribution in [1.29, 1.82) is 0 Å². The van der Waals surface area contributed by atoms with Crippen molar-refractivity contribution in [3.05, 3.63) is 41.3 Å². The number of thiophene rings is 1. The predicted molar refractivity (Wildman–Crippen MR) is 66.1 cm³/mol. The van der Waals surface area contributed by atoms with E-state index in [0.29, 0.717) is 0 Å². The standard InChI is InChI=1S/C13H13NS/c14-13-12(7-8-15-13)11-5-3-10(4-6-11)9-1-2-9/h3-9H,1-2,14H2. The fourth-order valence-electron chi connectivity index (χ4n) is 1.91. The van der Waals surface area contributed by atoms with Gasteiger partial charge in [0.1, 0.15) is 0 Å². The first-order valence-corrected chi connectivity index (χ1v) is 6.16. The highest BCUT2D eigenvalue weighted by Crippen LogP contribution is 2.41. The second-order valence-corrected chi connectivity index (χ2v) is 5.04. The largest absolute Gasteiger partial charge is 0.390 e. The first-order valence-electron chi connectivity index (χ1n) is 5.28. The highest BCUT2D eigenvalue weighted by atomic mass is 32.1. The Balaban J connectivity index is 1.96. The zero-order valence-electron chi connectivity index (χ0n) is 8.44. The maximum Gasteiger partial charge on any atom is 0.0936 e. The van der Waals surface area contributed by atoms with E-state index in [0.717, 1.165) is 10.9 Å². The summed E-state index contributed by atoms with van der Waals surface area (Å²) in [6.07, 6.45) is 2.72. The second-order valence-electron chi connectivity index (χ2n) is 4.09. The summed E-state index contributed by atoms with van der Waals surface area (Å²) in [5.74, 6) is 0.832. The lowest BCUT2D eigenvalue weighted by atomic mass is 10.0. The number of hydrogen-bond donors (Lipinski definition) is 1. The topological polar surface area (TPSA) is 26.0 Å². The first kappa shape index (κ1) is 8.98. The molecule has 0 saturated heterocycles. The normalized spacial score (nSPS) is 15.5. The van der Waals surface area contributed by atoms with Gasteiger partial charge in [0.2, 0.25) is 0 Å². The predicted octanol–water partition coefficient (Wildman–Crippen LogP) is 3.87. The number of anilines is 1. The lowest BCUT2D eigenvalue weighted by molar-refractivity contribution is 1.13. The third-order valence-corrected chi connectivity index (χ3v) is 3.71. The van der Waals surface area contributed by atoms with Crippen LogP contribution in [-0.4, -0.2) is 0 Å². The Morgan fingerprint density at radius 2 is 1.80 bits per heavy atom. The van der Waals surface area contributed by atoms with E-state index in [1.807, 2.05) is 5.38 Å². The fraction of sp³-hybridized carbons (Fsp3) is 0.231. The van der Waals surface area contributed by atoms with Gasteiger partial charge in [-0.25, -0.2) is 0 Å². The van der Waals surface area contributed by atoms with Crippen LogP contribution in [0.1, 0.15) is 24.3 Å².